The van der Waals surface area contributed by atoms with E-state index in [2.05, 4.69) is 17.2 Å². The molecule has 0 bridgehead atoms. The Morgan fingerprint density at radius 1 is 1.44 bits per heavy atom. The monoisotopic (exact) mass is 278 g/mol. The van der Waals surface area contributed by atoms with Gasteiger partial charge in [0.15, 0.2) is 5.01 Å². The van der Waals surface area contributed by atoms with Crippen molar-refractivity contribution >= 4 is 11.3 Å². The molecule has 0 spiro atoms. The largest absolute Gasteiger partial charge is 0.443 e. The normalized spacial score (nSPS) is 24.0. The van der Waals surface area contributed by atoms with Crippen LogP contribution in [-0.4, -0.2) is 18.1 Å². The maximum absolute atomic E-state index is 12.5. The van der Waals surface area contributed by atoms with E-state index in [9.17, 15) is 13.2 Å². The molecule has 2 atom stereocenters. The van der Waals surface area contributed by atoms with Crippen molar-refractivity contribution in [1.29, 1.82) is 0 Å². The first-order valence-electron chi connectivity index (χ1n) is 6.26. The van der Waals surface area contributed by atoms with E-state index in [1.165, 1.54) is 6.20 Å². The summed E-state index contributed by atoms with van der Waals surface area (Å²) in [6.07, 6.45) is 0.265. The SMILES string of the molecule is CCCNCC1CCC1c1cnc(C(F)(F)F)s1. The summed E-state index contributed by atoms with van der Waals surface area (Å²) < 4.78 is 37.4. The van der Waals surface area contributed by atoms with E-state index < -0.39 is 11.2 Å². The second-order valence-corrected chi connectivity index (χ2v) is 5.78. The summed E-state index contributed by atoms with van der Waals surface area (Å²) in [6.45, 7) is 3.97. The van der Waals surface area contributed by atoms with Crippen molar-refractivity contribution in [1.82, 2.24) is 10.3 Å². The third kappa shape index (κ3) is 3.03. The van der Waals surface area contributed by atoms with Crippen LogP contribution in [0.4, 0.5) is 13.2 Å². The van der Waals surface area contributed by atoms with E-state index in [0.717, 1.165) is 48.6 Å². The number of hydrogen-bond donors (Lipinski definition) is 1. The minimum absolute atomic E-state index is 0.267. The van der Waals surface area contributed by atoms with E-state index in [1.807, 2.05) is 0 Å². The van der Waals surface area contributed by atoms with Crippen molar-refractivity contribution in [2.45, 2.75) is 38.3 Å². The molecule has 1 heterocycles. The quantitative estimate of drug-likeness (QED) is 0.832. The molecule has 102 valence electrons. The lowest BCUT2D eigenvalue weighted by Crippen LogP contribution is -2.33. The molecule has 1 aromatic rings. The van der Waals surface area contributed by atoms with Gasteiger partial charge in [-0.15, -0.1) is 11.3 Å². The van der Waals surface area contributed by atoms with Gasteiger partial charge in [0.05, 0.1) is 0 Å². The Kier molecular flexibility index (Phi) is 4.27. The van der Waals surface area contributed by atoms with E-state index in [1.54, 1.807) is 0 Å². The highest BCUT2D eigenvalue weighted by Crippen LogP contribution is 2.45. The first-order chi connectivity index (χ1) is 8.52. The number of nitrogens with one attached hydrogen (secondary N) is 1. The van der Waals surface area contributed by atoms with Gasteiger partial charge in [0.1, 0.15) is 0 Å². The summed E-state index contributed by atoms with van der Waals surface area (Å²) in [5, 5.41) is 2.62. The number of rotatable bonds is 5. The summed E-state index contributed by atoms with van der Waals surface area (Å²) in [6, 6.07) is 0. The molecule has 2 nitrogen and oxygen atoms in total. The number of thiazole rings is 1. The van der Waals surface area contributed by atoms with Crippen LogP contribution in [0.2, 0.25) is 0 Å². The number of alkyl halides is 3. The van der Waals surface area contributed by atoms with Crippen LogP contribution in [-0.2, 0) is 6.18 Å². The molecule has 2 unspecified atom stereocenters. The van der Waals surface area contributed by atoms with Crippen LogP contribution in [0.5, 0.6) is 0 Å². The third-order valence-electron chi connectivity index (χ3n) is 3.38. The molecular weight excluding hydrogens is 261 g/mol. The van der Waals surface area contributed by atoms with Gasteiger partial charge in [0.25, 0.3) is 0 Å². The molecule has 6 heteroatoms. The van der Waals surface area contributed by atoms with Gasteiger partial charge in [-0.1, -0.05) is 6.92 Å². The molecular formula is C12H17F3N2S. The second-order valence-electron chi connectivity index (χ2n) is 4.71. The Balaban J connectivity index is 1.93. The first kappa shape index (κ1) is 13.8. The van der Waals surface area contributed by atoms with Crippen molar-refractivity contribution in [3.8, 4) is 0 Å². The van der Waals surface area contributed by atoms with Crippen LogP contribution in [0.15, 0.2) is 6.20 Å². The van der Waals surface area contributed by atoms with Gasteiger partial charge >= 0.3 is 6.18 Å². The zero-order valence-electron chi connectivity index (χ0n) is 10.3. The lowest BCUT2D eigenvalue weighted by Gasteiger charge is -2.36. The topological polar surface area (TPSA) is 24.9 Å². The molecule has 1 fully saturated rings. The number of halogens is 3. The van der Waals surface area contributed by atoms with Gasteiger partial charge in [-0.3, -0.25) is 0 Å². The van der Waals surface area contributed by atoms with Gasteiger partial charge in [-0.25, -0.2) is 4.98 Å². The van der Waals surface area contributed by atoms with E-state index in [0.29, 0.717) is 5.92 Å². The second kappa shape index (κ2) is 5.57. The Labute approximate surface area is 109 Å². The average Bonchev–Trinajstić information content (AvgIpc) is 2.71. The molecule has 0 amide bonds. The standard InChI is InChI=1S/C12H17F3N2S/c1-2-5-16-6-8-3-4-9(8)10-7-17-11(18-10)12(13,14)15/h7-9,16H,2-6H2,1H3. The Morgan fingerprint density at radius 3 is 2.72 bits per heavy atom. The van der Waals surface area contributed by atoms with Crippen LogP contribution < -0.4 is 5.32 Å². The predicted octanol–water partition coefficient (Wildman–Crippen LogP) is 3.66. The van der Waals surface area contributed by atoms with Gasteiger partial charge < -0.3 is 5.32 Å². The minimum Gasteiger partial charge on any atom is -0.316 e. The average molecular weight is 278 g/mol. The Bertz CT molecular complexity index is 389. The van der Waals surface area contributed by atoms with Crippen LogP contribution >= 0.6 is 11.3 Å². The van der Waals surface area contributed by atoms with E-state index >= 15 is 0 Å². The molecule has 1 N–H and O–H groups in total. The zero-order valence-corrected chi connectivity index (χ0v) is 11.1. The third-order valence-corrected chi connectivity index (χ3v) is 4.56. The van der Waals surface area contributed by atoms with E-state index in [4.69, 9.17) is 0 Å². The fourth-order valence-corrected chi connectivity index (χ4v) is 3.25. The summed E-state index contributed by atoms with van der Waals surface area (Å²) >= 11 is 0.803. The van der Waals surface area contributed by atoms with Gasteiger partial charge in [0, 0.05) is 11.1 Å². The summed E-state index contributed by atoms with van der Waals surface area (Å²) in [5.74, 6) is 0.737. The highest BCUT2D eigenvalue weighted by Gasteiger charge is 2.38. The first-order valence-corrected chi connectivity index (χ1v) is 7.07. The minimum atomic E-state index is -4.30. The Morgan fingerprint density at radius 2 is 2.22 bits per heavy atom. The molecule has 1 saturated carbocycles. The van der Waals surface area contributed by atoms with Crippen molar-refractivity contribution in [2.24, 2.45) is 5.92 Å². The van der Waals surface area contributed by atoms with Crippen LogP contribution in [0, 0.1) is 5.92 Å². The number of aromatic nitrogens is 1. The van der Waals surface area contributed by atoms with Gasteiger partial charge in [-0.2, -0.15) is 13.2 Å². The maximum Gasteiger partial charge on any atom is 0.443 e. The van der Waals surface area contributed by atoms with Gasteiger partial charge in [0.2, 0.25) is 0 Å². The molecule has 1 aliphatic carbocycles. The smallest absolute Gasteiger partial charge is 0.316 e. The fourth-order valence-electron chi connectivity index (χ4n) is 2.24. The van der Waals surface area contributed by atoms with Gasteiger partial charge in [-0.05, 0) is 44.2 Å². The molecule has 1 aliphatic rings. The molecule has 2 rings (SSSR count). The lowest BCUT2D eigenvalue weighted by atomic mass is 9.73. The fraction of sp³-hybridized carbons (Fsp3) is 0.750. The molecule has 0 radical (unpaired) electrons. The number of nitrogens with zero attached hydrogens (tertiary/aromatic N) is 1. The highest BCUT2D eigenvalue weighted by atomic mass is 32.1. The molecule has 0 saturated heterocycles. The molecule has 1 aromatic heterocycles. The van der Waals surface area contributed by atoms with Crippen LogP contribution in [0.1, 0.15) is 42.0 Å². The lowest BCUT2D eigenvalue weighted by molar-refractivity contribution is -0.137. The highest BCUT2D eigenvalue weighted by molar-refractivity contribution is 7.11. The van der Waals surface area contributed by atoms with E-state index in [-0.39, 0.29) is 5.92 Å². The Hall–Kier alpha value is -0.620. The number of hydrogen-bond acceptors (Lipinski definition) is 3. The summed E-state index contributed by atoms with van der Waals surface area (Å²) in [5.41, 5.74) is 0. The molecule has 18 heavy (non-hydrogen) atoms. The van der Waals surface area contributed by atoms with Crippen LogP contribution in [0.3, 0.4) is 0 Å². The summed E-state index contributed by atoms with van der Waals surface area (Å²) in [4.78, 5) is 4.28. The maximum atomic E-state index is 12.5. The van der Waals surface area contributed by atoms with Crippen molar-refractivity contribution in [2.75, 3.05) is 13.1 Å². The van der Waals surface area contributed by atoms with Crippen molar-refractivity contribution < 1.29 is 13.2 Å². The molecule has 0 aliphatic heterocycles. The summed E-state index contributed by atoms with van der Waals surface area (Å²) in [7, 11) is 0. The van der Waals surface area contributed by atoms with Crippen LogP contribution in [0.25, 0.3) is 0 Å². The molecule has 0 aromatic carbocycles. The van der Waals surface area contributed by atoms with Crippen molar-refractivity contribution in [3.63, 3.8) is 0 Å². The van der Waals surface area contributed by atoms with Crippen molar-refractivity contribution in [3.05, 3.63) is 16.1 Å². The zero-order chi connectivity index (χ0) is 13.2. The predicted molar refractivity (Wildman–Crippen MR) is 65.7 cm³/mol.